The average Bonchev–Trinajstić information content (AvgIpc) is 2.85. The van der Waals surface area contributed by atoms with Crippen molar-refractivity contribution in [3.63, 3.8) is 0 Å². The van der Waals surface area contributed by atoms with Gasteiger partial charge in [0.05, 0.1) is 0 Å². The molecule has 2 heterocycles. The van der Waals surface area contributed by atoms with Gasteiger partial charge < -0.3 is 10.3 Å². The van der Waals surface area contributed by atoms with Gasteiger partial charge >= 0.3 is 0 Å². The van der Waals surface area contributed by atoms with E-state index in [2.05, 4.69) is 16.5 Å². The second-order valence-corrected chi connectivity index (χ2v) is 5.69. The van der Waals surface area contributed by atoms with Crippen LogP contribution in [-0.2, 0) is 0 Å². The number of halogens is 1. The molecule has 0 saturated carbocycles. The van der Waals surface area contributed by atoms with Crippen molar-refractivity contribution in [2.45, 2.75) is 19.9 Å². The average molecular weight is 301 g/mol. The van der Waals surface area contributed by atoms with Gasteiger partial charge in [0.15, 0.2) is 5.65 Å². The van der Waals surface area contributed by atoms with Crippen LogP contribution in [0.15, 0.2) is 36.5 Å². The molecule has 0 amide bonds. The number of aryl methyl sites for hydroxylation is 1. The van der Waals surface area contributed by atoms with Crippen LogP contribution in [0.2, 0.25) is 5.02 Å². The molecule has 0 aliphatic carbocycles. The number of aromatic nitrogens is 3. The van der Waals surface area contributed by atoms with Crippen molar-refractivity contribution in [1.29, 1.82) is 0 Å². The molecule has 2 N–H and O–H groups in total. The molecule has 0 radical (unpaired) electrons. The molecular formula is C16H17ClN4. The van der Waals surface area contributed by atoms with Gasteiger partial charge in [-0.15, -0.1) is 0 Å². The monoisotopic (exact) mass is 300 g/mol. The van der Waals surface area contributed by atoms with Crippen molar-refractivity contribution in [3.8, 4) is 11.4 Å². The normalized spacial score (nSPS) is 12.8. The van der Waals surface area contributed by atoms with Gasteiger partial charge in [0.25, 0.3) is 0 Å². The number of fused-ring (bicyclic) bond motifs is 1. The number of imidazole rings is 1. The molecule has 0 saturated heterocycles. The Bertz CT molecular complexity index is 777. The van der Waals surface area contributed by atoms with Crippen LogP contribution in [0.1, 0.15) is 18.5 Å². The highest BCUT2D eigenvalue weighted by molar-refractivity contribution is 6.30. The highest BCUT2D eigenvalue weighted by Crippen LogP contribution is 2.28. The third-order valence-corrected chi connectivity index (χ3v) is 3.80. The molecular weight excluding hydrogens is 284 g/mol. The van der Waals surface area contributed by atoms with E-state index in [1.54, 1.807) is 0 Å². The van der Waals surface area contributed by atoms with E-state index in [4.69, 9.17) is 22.3 Å². The van der Waals surface area contributed by atoms with Crippen molar-refractivity contribution < 1.29 is 0 Å². The number of hydrogen-bond acceptors (Lipinski definition) is 3. The Balaban J connectivity index is 2.27. The summed E-state index contributed by atoms with van der Waals surface area (Å²) in [6.45, 7) is 4.61. The van der Waals surface area contributed by atoms with Crippen molar-refractivity contribution in [3.05, 3.63) is 47.1 Å². The van der Waals surface area contributed by atoms with Crippen LogP contribution in [0.4, 0.5) is 0 Å². The molecule has 0 fully saturated rings. The van der Waals surface area contributed by atoms with Crippen molar-refractivity contribution in [2.24, 2.45) is 5.73 Å². The van der Waals surface area contributed by atoms with Crippen LogP contribution in [-0.4, -0.2) is 21.1 Å². The third-order valence-electron chi connectivity index (χ3n) is 3.55. The van der Waals surface area contributed by atoms with Gasteiger partial charge in [0, 0.05) is 29.4 Å². The lowest BCUT2D eigenvalue weighted by molar-refractivity contribution is 0.575. The maximum absolute atomic E-state index is 5.97. The third kappa shape index (κ3) is 2.52. The Labute approximate surface area is 128 Å². The van der Waals surface area contributed by atoms with E-state index >= 15 is 0 Å². The zero-order chi connectivity index (χ0) is 15.0. The smallest absolute Gasteiger partial charge is 0.160 e. The minimum atomic E-state index is 0.121. The minimum Gasteiger partial charge on any atom is -0.328 e. The number of rotatable bonds is 3. The number of hydrogen-bond donors (Lipinski definition) is 1. The molecule has 2 aromatic heterocycles. The molecule has 5 heteroatoms. The zero-order valence-corrected chi connectivity index (χ0v) is 12.8. The van der Waals surface area contributed by atoms with Crippen molar-refractivity contribution in [2.75, 3.05) is 6.54 Å². The van der Waals surface area contributed by atoms with E-state index in [0.29, 0.717) is 11.6 Å². The lowest BCUT2D eigenvalue weighted by Gasteiger charge is -2.15. The Morgan fingerprint density at radius 2 is 2.00 bits per heavy atom. The fourth-order valence-corrected chi connectivity index (χ4v) is 2.53. The molecule has 0 aliphatic heterocycles. The summed E-state index contributed by atoms with van der Waals surface area (Å²) in [7, 11) is 0. The van der Waals surface area contributed by atoms with Crippen LogP contribution in [0, 0.1) is 6.92 Å². The van der Waals surface area contributed by atoms with Crippen molar-refractivity contribution >= 4 is 22.8 Å². The molecule has 1 atom stereocenters. The summed E-state index contributed by atoms with van der Waals surface area (Å²) < 4.78 is 2.10. The first-order valence-corrected chi connectivity index (χ1v) is 7.28. The summed E-state index contributed by atoms with van der Waals surface area (Å²) in [5.74, 6) is 0.873. The maximum Gasteiger partial charge on any atom is 0.160 e. The molecule has 0 spiro atoms. The van der Waals surface area contributed by atoms with Crippen LogP contribution < -0.4 is 5.73 Å². The predicted octanol–water partition coefficient (Wildman–Crippen LogP) is 3.58. The largest absolute Gasteiger partial charge is 0.328 e. The lowest BCUT2D eigenvalue weighted by atomic mass is 10.2. The molecule has 21 heavy (non-hydrogen) atoms. The second-order valence-electron chi connectivity index (χ2n) is 5.25. The Kier molecular flexibility index (Phi) is 3.66. The first kappa shape index (κ1) is 14.0. The van der Waals surface area contributed by atoms with Crippen LogP contribution >= 0.6 is 11.6 Å². The van der Waals surface area contributed by atoms with Gasteiger partial charge in [-0.2, -0.15) is 0 Å². The zero-order valence-electron chi connectivity index (χ0n) is 12.0. The number of nitrogens with zero attached hydrogens (tertiary/aromatic N) is 3. The summed E-state index contributed by atoms with van der Waals surface area (Å²) in [6.07, 6.45) is 1.86. The molecule has 0 bridgehead atoms. The van der Waals surface area contributed by atoms with Crippen LogP contribution in [0.3, 0.4) is 0 Å². The molecule has 4 nitrogen and oxygen atoms in total. The molecule has 1 unspecified atom stereocenters. The first-order chi connectivity index (χ1) is 10.1. The van der Waals surface area contributed by atoms with Gasteiger partial charge in [-0.1, -0.05) is 11.6 Å². The fraction of sp³-hybridized carbons (Fsp3) is 0.250. The standard InChI is InChI=1S/C16H17ClN4/c1-10-7-14-16(19-9-10)21(11(2)8-18)15(20-14)12-3-5-13(17)6-4-12/h3-7,9,11H,8,18H2,1-2H3. The molecule has 1 aromatic carbocycles. The molecule has 3 rings (SSSR count). The van der Waals surface area contributed by atoms with Gasteiger partial charge in [-0.25, -0.2) is 9.97 Å². The van der Waals surface area contributed by atoms with Gasteiger partial charge in [0.1, 0.15) is 11.3 Å². The molecule has 3 aromatic rings. The summed E-state index contributed by atoms with van der Waals surface area (Å²) >= 11 is 5.97. The number of nitrogens with two attached hydrogens (primary N) is 1. The van der Waals surface area contributed by atoms with E-state index < -0.39 is 0 Å². The Morgan fingerprint density at radius 3 is 2.67 bits per heavy atom. The van der Waals surface area contributed by atoms with Gasteiger partial charge in [0.2, 0.25) is 0 Å². The summed E-state index contributed by atoms with van der Waals surface area (Å²) in [6, 6.07) is 9.84. The highest BCUT2D eigenvalue weighted by atomic mass is 35.5. The Hall–Kier alpha value is -1.91. The van der Waals surface area contributed by atoms with E-state index in [0.717, 1.165) is 28.1 Å². The van der Waals surface area contributed by atoms with Crippen LogP contribution in [0.5, 0.6) is 0 Å². The van der Waals surface area contributed by atoms with Gasteiger partial charge in [-0.3, -0.25) is 0 Å². The van der Waals surface area contributed by atoms with E-state index in [9.17, 15) is 0 Å². The second kappa shape index (κ2) is 5.47. The summed E-state index contributed by atoms with van der Waals surface area (Å²) in [5, 5.41) is 0.710. The number of pyridine rings is 1. The van der Waals surface area contributed by atoms with E-state index in [1.807, 2.05) is 43.5 Å². The maximum atomic E-state index is 5.97. The minimum absolute atomic E-state index is 0.121. The van der Waals surface area contributed by atoms with Gasteiger partial charge in [-0.05, 0) is 49.7 Å². The predicted molar refractivity (Wildman–Crippen MR) is 86.5 cm³/mol. The summed E-state index contributed by atoms with van der Waals surface area (Å²) in [5.41, 5.74) is 9.71. The lowest BCUT2D eigenvalue weighted by Crippen LogP contribution is -2.17. The topological polar surface area (TPSA) is 56.7 Å². The molecule has 108 valence electrons. The van der Waals surface area contributed by atoms with Crippen molar-refractivity contribution in [1.82, 2.24) is 14.5 Å². The number of benzene rings is 1. The quantitative estimate of drug-likeness (QED) is 0.804. The SMILES string of the molecule is Cc1cnc2c(c1)nc(-c1ccc(Cl)cc1)n2C(C)CN. The van der Waals surface area contributed by atoms with E-state index in [-0.39, 0.29) is 6.04 Å². The summed E-state index contributed by atoms with van der Waals surface area (Å²) in [4.78, 5) is 9.28. The Morgan fingerprint density at radius 1 is 1.29 bits per heavy atom. The fourth-order valence-electron chi connectivity index (χ4n) is 2.41. The van der Waals surface area contributed by atoms with E-state index in [1.165, 1.54) is 0 Å². The van der Waals surface area contributed by atoms with Crippen LogP contribution in [0.25, 0.3) is 22.6 Å². The highest BCUT2D eigenvalue weighted by Gasteiger charge is 2.17. The first-order valence-electron chi connectivity index (χ1n) is 6.90. The molecule has 0 aliphatic rings.